The van der Waals surface area contributed by atoms with E-state index in [1.807, 2.05) is 13.8 Å². The molecule has 4 heteroatoms. The molecule has 0 aromatic carbocycles. The lowest BCUT2D eigenvalue weighted by Gasteiger charge is -2.13. The van der Waals surface area contributed by atoms with E-state index in [1.165, 1.54) is 5.56 Å². The van der Waals surface area contributed by atoms with Crippen LogP contribution in [0.1, 0.15) is 50.0 Å². The fourth-order valence-electron chi connectivity index (χ4n) is 1.74. The molecule has 4 nitrogen and oxygen atoms in total. The number of aromatic nitrogens is 2. The van der Waals surface area contributed by atoms with Crippen LogP contribution < -0.4 is 5.32 Å². The van der Waals surface area contributed by atoms with E-state index in [4.69, 9.17) is 4.74 Å². The third-order valence-corrected chi connectivity index (χ3v) is 2.73. The molecule has 0 saturated carbocycles. The Morgan fingerprint density at radius 3 is 2.28 bits per heavy atom. The van der Waals surface area contributed by atoms with Gasteiger partial charge in [0.2, 0.25) is 0 Å². The molecule has 1 aromatic rings. The Morgan fingerprint density at radius 1 is 1.17 bits per heavy atom. The highest BCUT2D eigenvalue weighted by atomic mass is 16.5. The predicted octanol–water partition coefficient (Wildman–Crippen LogP) is 2.52. The van der Waals surface area contributed by atoms with Crippen LogP contribution in [0, 0.1) is 13.8 Å². The molecule has 0 spiro atoms. The van der Waals surface area contributed by atoms with Crippen LogP contribution in [0.15, 0.2) is 0 Å². The number of hydrogen-bond donors (Lipinski definition) is 1. The van der Waals surface area contributed by atoms with Gasteiger partial charge in [-0.3, -0.25) is 0 Å². The van der Waals surface area contributed by atoms with Crippen molar-refractivity contribution in [3.8, 4) is 0 Å². The molecule has 1 heterocycles. The molecule has 1 aromatic heterocycles. The molecule has 0 saturated heterocycles. The highest BCUT2D eigenvalue weighted by molar-refractivity contribution is 5.24. The zero-order valence-corrected chi connectivity index (χ0v) is 12.2. The molecular formula is C14H25N3O. The Hall–Kier alpha value is -1.00. The summed E-state index contributed by atoms with van der Waals surface area (Å²) in [6.45, 7) is 12.5. The second-order valence-electron chi connectivity index (χ2n) is 4.88. The highest BCUT2D eigenvalue weighted by Crippen LogP contribution is 2.11. The lowest BCUT2D eigenvalue weighted by atomic mass is 10.1. The number of nitrogens with one attached hydrogen (secondary N) is 1. The third-order valence-electron chi connectivity index (χ3n) is 2.73. The van der Waals surface area contributed by atoms with Crippen molar-refractivity contribution in [2.45, 2.75) is 60.2 Å². The summed E-state index contributed by atoms with van der Waals surface area (Å²) in [6, 6.07) is 0.469. The summed E-state index contributed by atoms with van der Waals surface area (Å²) in [5, 5.41) is 3.40. The summed E-state index contributed by atoms with van der Waals surface area (Å²) in [5.74, 6) is 0.784. The Balaban J connectivity index is 2.71. The summed E-state index contributed by atoms with van der Waals surface area (Å²) < 4.78 is 5.48. The zero-order chi connectivity index (χ0) is 13.5. The summed E-state index contributed by atoms with van der Waals surface area (Å²) in [4.78, 5) is 9.02. The van der Waals surface area contributed by atoms with Crippen LogP contribution in [0.4, 0.5) is 0 Å². The summed E-state index contributed by atoms with van der Waals surface area (Å²) in [5.41, 5.74) is 3.29. The second-order valence-corrected chi connectivity index (χ2v) is 4.88. The quantitative estimate of drug-likeness (QED) is 0.756. The Morgan fingerprint density at radius 2 is 1.78 bits per heavy atom. The van der Waals surface area contributed by atoms with Gasteiger partial charge in [-0.15, -0.1) is 0 Å². The van der Waals surface area contributed by atoms with Crippen LogP contribution in [0.2, 0.25) is 0 Å². The highest BCUT2D eigenvalue weighted by Gasteiger charge is 2.08. The van der Waals surface area contributed by atoms with E-state index in [2.05, 4.69) is 36.1 Å². The SMILES string of the molecule is CCCOCc1nc(C)c(CNC(C)C)c(C)n1. The van der Waals surface area contributed by atoms with E-state index in [0.717, 1.165) is 36.8 Å². The van der Waals surface area contributed by atoms with Crippen molar-refractivity contribution >= 4 is 0 Å². The first-order chi connectivity index (χ1) is 8.54. The molecule has 0 aliphatic heterocycles. The number of aryl methyl sites for hydroxylation is 2. The third kappa shape index (κ3) is 4.70. The number of hydrogen-bond acceptors (Lipinski definition) is 4. The fraction of sp³-hybridized carbons (Fsp3) is 0.714. The minimum atomic E-state index is 0.469. The molecule has 0 unspecified atom stereocenters. The van der Waals surface area contributed by atoms with Crippen molar-refractivity contribution in [2.24, 2.45) is 0 Å². The molecule has 0 aliphatic carbocycles. The Labute approximate surface area is 110 Å². The van der Waals surface area contributed by atoms with Gasteiger partial charge in [0.05, 0.1) is 0 Å². The topological polar surface area (TPSA) is 47.0 Å². The van der Waals surface area contributed by atoms with E-state index >= 15 is 0 Å². The molecule has 102 valence electrons. The maximum absolute atomic E-state index is 5.48. The van der Waals surface area contributed by atoms with E-state index in [9.17, 15) is 0 Å². The standard InChI is InChI=1S/C14H25N3O/c1-6-7-18-9-14-16-11(4)13(12(5)17-14)8-15-10(2)3/h10,15H,6-9H2,1-5H3. The molecule has 18 heavy (non-hydrogen) atoms. The maximum Gasteiger partial charge on any atom is 0.154 e. The van der Waals surface area contributed by atoms with Crippen molar-refractivity contribution in [1.29, 1.82) is 0 Å². The van der Waals surface area contributed by atoms with Gasteiger partial charge in [-0.25, -0.2) is 9.97 Å². The summed E-state index contributed by atoms with van der Waals surface area (Å²) in [6.07, 6.45) is 1.02. The van der Waals surface area contributed by atoms with Crippen LogP contribution in [-0.4, -0.2) is 22.6 Å². The van der Waals surface area contributed by atoms with E-state index in [-0.39, 0.29) is 0 Å². The van der Waals surface area contributed by atoms with Crippen molar-refractivity contribution < 1.29 is 4.74 Å². The van der Waals surface area contributed by atoms with Crippen molar-refractivity contribution in [3.63, 3.8) is 0 Å². The summed E-state index contributed by atoms with van der Waals surface area (Å²) >= 11 is 0. The number of rotatable bonds is 7. The predicted molar refractivity (Wildman–Crippen MR) is 73.4 cm³/mol. The lowest BCUT2D eigenvalue weighted by molar-refractivity contribution is 0.116. The first-order valence-corrected chi connectivity index (χ1v) is 6.68. The number of nitrogens with zero attached hydrogens (tertiary/aromatic N) is 2. The fourth-order valence-corrected chi connectivity index (χ4v) is 1.74. The van der Waals surface area contributed by atoms with Gasteiger partial charge in [0.25, 0.3) is 0 Å². The van der Waals surface area contributed by atoms with Gasteiger partial charge in [0, 0.05) is 36.1 Å². The van der Waals surface area contributed by atoms with Crippen LogP contribution in [0.5, 0.6) is 0 Å². The zero-order valence-electron chi connectivity index (χ0n) is 12.2. The molecule has 0 atom stereocenters. The van der Waals surface area contributed by atoms with Crippen molar-refractivity contribution in [3.05, 3.63) is 22.8 Å². The molecule has 0 fully saturated rings. The average Bonchev–Trinajstić information content (AvgIpc) is 2.28. The molecule has 1 rings (SSSR count). The molecular weight excluding hydrogens is 226 g/mol. The molecule has 1 N–H and O–H groups in total. The maximum atomic E-state index is 5.48. The van der Waals surface area contributed by atoms with Gasteiger partial charge in [-0.2, -0.15) is 0 Å². The first kappa shape index (κ1) is 15.1. The van der Waals surface area contributed by atoms with Gasteiger partial charge in [-0.05, 0) is 20.3 Å². The smallest absolute Gasteiger partial charge is 0.154 e. The summed E-state index contributed by atoms with van der Waals surface area (Å²) in [7, 11) is 0. The molecule has 0 radical (unpaired) electrons. The van der Waals surface area contributed by atoms with E-state index in [1.54, 1.807) is 0 Å². The first-order valence-electron chi connectivity index (χ1n) is 6.68. The normalized spacial score (nSPS) is 11.2. The van der Waals surface area contributed by atoms with Crippen molar-refractivity contribution in [2.75, 3.05) is 6.61 Å². The minimum absolute atomic E-state index is 0.469. The molecule has 0 aliphatic rings. The van der Waals surface area contributed by atoms with Crippen LogP contribution in [-0.2, 0) is 17.9 Å². The van der Waals surface area contributed by atoms with Gasteiger partial charge >= 0.3 is 0 Å². The Bertz CT molecular complexity index is 354. The minimum Gasteiger partial charge on any atom is -0.373 e. The van der Waals surface area contributed by atoms with E-state index in [0.29, 0.717) is 12.6 Å². The largest absolute Gasteiger partial charge is 0.373 e. The van der Waals surface area contributed by atoms with Gasteiger partial charge < -0.3 is 10.1 Å². The van der Waals surface area contributed by atoms with Crippen molar-refractivity contribution in [1.82, 2.24) is 15.3 Å². The Kier molecular flexibility index (Phi) is 6.22. The lowest BCUT2D eigenvalue weighted by Crippen LogP contribution is -2.23. The van der Waals surface area contributed by atoms with Crippen LogP contribution in [0.25, 0.3) is 0 Å². The number of ether oxygens (including phenoxy) is 1. The van der Waals surface area contributed by atoms with Crippen LogP contribution in [0.3, 0.4) is 0 Å². The second kappa shape index (κ2) is 7.44. The van der Waals surface area contributed by atoms with Crippen LogP contribution >= 0.6 is 0 Å². The molecule has 0 bridgehead atoms. The monoisotopic (exact) mass is 251 g/mol. The molecule has 0 amide bonds. The average molecular weight is 251 g/mol. The van der Waals surface area contributed by atoms with Gasteiger partial charge in [-0.1, -0.05) is 20.8 Å². The van der Waals surface area contributed by atoms with Gasteiger partial charge in [0.1, 0.15) is 6.61 Å². The van der Waals surface area contributed by atoms with E-state index < -0.39 is 0 Å². The van der Waals surface area contributed by atoms with Gasteiger partial charge in [0.15, 0.2) is 5.82 Å².